The minimum absolute atomic E-state index is 0.0418. The smallest absolute Gasteiger partial charge is 0.341 e. The number of aromatic nitrogens is 1. The highest BCUT2D eigenvalue weighted by atomic mass is 16.4. The Morgan fingerprint density at radius 1 is 1.37 bits per heavy atom. The molecule has 0 aliphatic rings. The third-order valence-corrected chi connectivity index (χ3v) is 3.78. The van der Waals surface area contributed by atoms with Crippen LogP contribution in [0, 0.1) is 0 Å². The number of benzene rings is 1. The minimum Gasteiger partial charge on any atom is -0.477 e. The van der Waals surface area contributed by atoms with Crippen LogP contribution in [0.3, 0.4) is 0 Å². The lowest BCUT2D eigenvalue weighted by atomic mass is 9.82. The monoisotopic (exact) mass is 259 g/mol. The minimum atomic E-state index is -1.21. The van der Waals surface area contributed by atoms with Crippen LogP contribution in [0.1, 0.15) is 43.1 Å². The van der Waals surface area contributed by atoms with E-state index in [2.05, 4.69) is 25.8 Å². The largest absolute Gasteiger partial charge is 0.477 e. The summed E-state index contributed by atoms with van der Waals surface area (Å²) in [4.78, 5) is 26.0. The summed E-state index contributed by atoms with van der Waals surface area (Å²) in [5.74, 6) is -1.21. The number of nitrogens with one attached hydrogen (secondary N) is 1. The molecule has 2 rings (SSSR count). The van der Waals surface area contributed by atoms with Crippen molar-refractivity contribution in [3.05, 3.63) is 45.7 Å². The molecule has 4 heteroatoms. The van der Waals surface area contributed by atoms with Crippen LogP contribution >= 0.6 is 0 Å². The summed E-state index contributed by atoms with van der Waals surface area (Å²) in [7, 11) is 0. The summed E-state index contributed by atoms with van der Waals surface area (Å²) >= 11 is 0. The van der Waals surface area contributed by atoms with Gasteiger partial charge in [-0.05, 0) is 29.5 Å². The number of carboxylic acid groups (broad SMARTS) is 1. The van der Waals surface area contributed by atoms with E-state index in [1.165, 1.54) is 6.20 Å². The Bertz CT molecular complexity index is 698. The SMILES string of the molecule is CCC(C)(C)c1ccc2[nH]cc(C(=O)O)c(=O)c2c1. The third kappa shape index (κ3) is 2.26. The topological polar surface area (TPSA) is 70.2 Å². The number of aromatic amines is 1. The molecule has 0 spiro atoms. The maximum atomic E-state index is 12.1. The van der Waals surface area contributed by atoms with Gasteiger partial charge in [-0.2, -0.15) is 0 Å². The van der Waals surface area contributed by atoms with Crippen molar-refractivity contribution < 1.29 is 9.90 Å². The van der Waals surface area contributed by atoms with Gasteiger partial charge in [-0.1, -0.05) is 26.8 Å². The fourth-order valence-corrected chi connectivity index (χ4v) is 2.00. The van der Waals surface area contributed by atoms with Crippen molar-refractivity contribution in [2.24, 2.45) is 0 Å². The number of pyridine rings is 1. The quantitative estimate of drug-likeness (QED) is 0.890. The average Bonchev–Trinajstić information content (AvgIpc) is 2.38. The van der Waals surface area contributed by atoms with Crippen LogP contribution in [0.2, 0.25) is 0 Å². The van der Waals surface area contributed by atoms with Gasteiger partial charge in [-0.25, -0.2) is 4.79 Å². The van der Waals surface area contributed by atoms with Crippen molar-refractivity contribution >= 4 is 16.9 Å². The fraction of sp³-hybridized carbons (Fsp3) is 0.333. The van der Waals surface area contributed by atoms with Gasteiger partial charge in [0.2, 0.25) is 5.43 Å². The molecule has 0 fully saturated rings. The molecular formula is C15H17NO3. The Morgan fingerprint density at radius 2 is 2.05 bits per heavy atom. The van der Waals surface area contributed by atoms with Gasteiger partial charge in [0.15, 0.2) is 0 Å². The lowest BCUT2D eigenvalue weighted by molar-refractivity contribution is 0.0695. The van der Waals surface area contributed by atoms with E-state index in [0.717, 1.165) is 12.0 Å². The van der Waals surface area contributed by atoms with Crippen LogP contribution in [0.15, 0.2) is 29.2 Å². The van der Waals surface area contributed by atoms with E-state index in [4.69, 9.17) is 5.11 Å². The summed E-state index contributed by atoms with van der Waals surface area (Å²) in [5.41, 5.74) is 0.995. The first kappa shape index (κ1) is 13.3. The molecule has 0 bridgehead atoms. The molecule has 100 valence electrons. The maximum absolute atomic E-state index is 12.1. The second kappa shape index (κ2) is 4.53. The molecule has 4 nitrogen and oxygen atoms in total. The molecule has 0 saturated carbocycles. The van der Waals surface area contributed by atoms with E-state index in [1.807, 2.05) is 12.1 Å². The van der Waals surface area contributed by atoms with E-state index in [9.17, 15) is 9.59 Å². The van der Waals surface area contributed by atoms with Gasteiger partial charge in [0.25, 0.3) is 0 Å². The van der Waals surface area contributed by atoms with Gasteiger partial charge in [-0.3, -0.25) is 4.79 Å². The van der Waals surface area contributed by atoms with E-state index in [1.54, 1.807) is 6.07 Å². The Balaban J connectivity index is 2.74. The number of H-pyrrole nitrogens is 1. The summed E-state index contributed by atoms with van der Waals surface area (Å²) in [5, 5.41) is 9.41. The van der Waals surface area contributed by atoms with Crippen molar-refractivity contribution in [1.82, 2.24) is 4.98 Å². The molecule has 2 N–H and O–H groups in total. The summed E-state index contributed by atoms with van der Waals surface area (Å²) in [6.45, 7) is 6.29. The van der Waals surface area contributed by atoms with Gasteiger partial charge in [0, 0.05) is 17.1 Å². The molecule has 0 aliphatic heterocycles. The maximum Gasteiger partial charge on any atom is 0.341 e. The number of fused-ring (bicyclic) bond motifs is 1. The zero-order chi connectivity index (χ0) is 14.2. The van der Waals surface area contributed by atoms with Crippen molar-refractivity contribution in [3.63, 3.8) is 0 Å². The fourth-order valence-electron chi connectivity index (χ4n) is 2.00. The number of carbonyl (C=O) groups is 1. The highest BCUT2D eigenvalue weighted by Gasteiger charge is 2.19. The standard InChI is InChI=1S/C15H17NO3/c1-4-15(2,3)9-5-6-12-10(7-9)13(17)11(8-16-12)14(18)19/h5-8H,4H2,1-3H3,(H,16,17)(H,18,19). The van der Waals surface area contributed by atoms with Crippen LogP contribution in [0.4, 0.5) is 0 Å². The molecule has 19 heavy (non-hydrogen) atoms. The van der Waals surface area contributed by atoms with Gasteiger partial charge >= 0.3 is 5.97 Å². The molecule has 0 aliphatic carbocycles. The van der Waals surface area contributed by atoms with E-state index in [0.29, 0.717) is 10.9 Å². The number of carboxylic acids is 1. The van der Waals surface area contributed by atoms with Crippen molar-refractivity contribution in [1.29, 1.82) is 0 Å². The highest BCUT2D eigenvalue weighted by molar-refractivity contribution is 5.92. The normalized spacial score (nSPS) is 11.7. The van der Waals surface area contributed by atoms with Crippen LogP contribution in [0.5, 0.6) is 0 Å². The van der Waals surface area contributed by atoms with E-state index in [-0.39, 0.29) is 11.0 Å². The molecule has 0 atom stereocenters. The zero-order valence-electron chi connectivity index (χ0n) is 11.3. The highest BCUT2D eigenvalue weighted by Crippen LogP contribution is 2.28. The Hall–Kier alpha value is -2.10. The Morgan fingerprint density at radius 3 is 2.63 bits per heavy atom. The molecule has 1 aromatic carbocycles. The van der Waals surface area contributed by atoms with Crippen molar-refractivity contribution in [2.45, 2.75) is 32.6 Å². The van der Waals surface area contributed by atoms with Gasteiger partial charge in [0.05, 0.1) is 0 Å². The molecule has 1 heterocycles. The van der Waals surface area contributed by atoms with Crippen LogP contribution in [-0.2, 0) is 5.41 Å². The number of rotatable bonds is 3. The summed E-state index contributed by atoms with van der Waals surface area (Å²) in [6, 6.07) is 5.60. The predicted molar refractivity (Wildman–Crippen MR) is 74.8 cm³/mol. The van der Waals surface area contributed by atoms with Gasteiger partial charge < -0.3 is 10.1 Å². The molecule has 0 radical (unpaired) electrons. The molecule has 0 unspecified atom stereocenters. The Kier molecular flexibility index (Phi) is 3.18. The molecule has 0 saturated heterocycles. The third-order valence-electron chi connectivity index (χ3n) is 3.78. The lowest BCUT2D eigenvalue weighted by Gasteiger charge is -2.23. The number of hydrogen-bond acceptors (Lipinski definition) is 2. The van der Waals surface area contributed by atoms with Crippen LogP contribution in [-0.4, -0.2) is 16.1 Å². The molecule has 2 aromatic rings. The lowest BCUT2D eigenvalue weighted by Crippen LogP contribution is -2.18. The first-order chi connectivity index (χ1) is 8.86. The van der Waals surface area contributed by atoms with Gasteiger partial charge in [-0.15, -0.1) is 0 Å². The van der Waals surface area contributed by atoms with Crippen LogP contribution < -0.4 is 5.43 Å². The molecular weight excluding hydrogens is 242 g/mol. The number of hydrogen-bond donors (Lipinski definition) is 2. The Labute approximate surface area is 111 Å². The van der Waals surface area contributed by atoms with Crippen LogP contribution in [0.25, 0.3) is 10.9 Å². The average molecular weight is 259 g/mol. The van der Waals surface area contributed by atoms with Crippen molar-refractivity contribution in [2.75, 3.05) is 0 Å². The first-order valence-electron chi connectivity index (χ1n) is 6.26. The van der Waals surface area contributed by atoms with E-state index < -0.39 is 11.4 Å². The van der Waals surface area contributed by atoms with Gasteiger partial charge in [0.1, 0.15) is 5.56 Å². The molecule has 1 aromatic heterocycles. The summed E-state index contributed by atoms with van der Waals surface area (Å²) in [6.07, 6.45) is 2.19. The second-order valence-electron chi connectivity index (χ2n) is 5.33. The molecule has 0 amide bonds. The number of aromatic carboxylic acids is 1. The zero-order valence-corrected chi connectivity index (χ0v) is 11.3. The second-order valence-corrected chi connectivity index (χ2v) is 5.33. The first-order valence-corrected chi connectivity index (χ1v) is 6.26. The summed E-state index contributed by atoms with van der Waals surface area (Å²) < 4.78 is 0. The van der Waals surface area contributed by atoms with Crippen molar-refractivity contribution in [3.8, 4) is 0 Å². The predicted octanol–water partition coefficient (Wildman–Crippen LogP) is 2.91. The van der Waals surface area contributed by atoms with E-state index >= 15 is 0 Å².